The summed E-state index contributed by atoms with van der Waals surface area (Å²) in [4.78, 5) is 13.4. The topological polar surface area (TPSA) is 75.6 Å². The predicted octanol–water partition coefficient (Wildman–Crippen LogP) is 15.3. The summed E-state index contributed by atoms with van der Waals surface area (Å²) < 4.78 is 183. The molecule has 0 unspecified atom stereocenters. The summed E-state index contributed by atoms with van der Waals surface area (Å²) in [6.07, 6.45) is -16.2. The van der Waals surface area contributed by atoms with E-state index in [1.807, 2.05) is 0 Å². The second-order valence-corrected chi connectivity index (χ2v) is 16.4. The molecular formula is C64H53IrN4O. The van der Waals surface area contributed by atoms with Crippen LogP contribution in [0.15, 0.2) is 168 Å². The minimum absolute atomic E-state index is 0. The Morgan fingerprint density at radius 3 is 1.67 bits per heavy atom. The van der Waals surface area contributed by atoms with Crippen molar-refractivity contribution in [3.05, 3.63) is 232 Å². The van der Waals surface area contributed by atoms with Crippen molar-refractivity contribution in [1.29, 1.82) is 5.26 Å². The van der Waals surface area contributed by atoms with Gasteiger partial charge in [0.05, 0.1) is 12.4 Å². The van der Waals surface area contributed by atoms with Gasteiger partial charge in [0.2, 0.25) is 0 Å². The number of benzene rings is 6. The summed E-state index contributed by atoms with van der Waals surface area (Å²) in [5.74, 6) is -3.17. The Labute approximate surface area is 452 Å². The molecule has 6 aromatic carbocycles. The van der Waals surface area contributed by atoms with Gasteiger partial charge in [-0.25, -0.2) is 0 Å². The van der Waals surface area contributed by atoms with Crippen LogP contribution in [0, 0.1) is 29.5 Å². The summed E-state index contributed by atoms with van der Waals surface area (Å²) in [5, 5.41) is 11.4. The number of hydrogen-bond donors (Lipinski definition) is 0. The molecule has 5 nitrogen and oxygen atoms in total. The van der Waals surface area contributed by atoms with Gasteiger partial charge in [0.1, 0.15) is 17.2 Å². The van der Waals surface area contributed by atoms with Crippen LogP contribution in [0.5, 0.6) is 0 Å². The molecule has 0 atom stereocenters. The summed E-state index contributed by atoms with van der Waals surface area (Å²) >= 11 is 0. The van der Waals surface area contributed by atoms with Gasteiger partial charge >= 0.3 is 20.1 Å². The smallest absolute Gasteiger partial charge is 0.499 e. The number of nitrogens with zero attached hydrogens (tertiary/aromatic N) is 4. The first-order valence-corrected chi connectivity index (χ1v) is 22.0. The van der Waals surface area contributed by atoms with Gasteiger partial charge in [0.15, 0.2) is 0 Å². The molecule has 0 bridgehead atoms. The third-order valence-electron chi connectivity index (χ3n) is 11.3. The number of aryl methyl sites for hydroxylation is 6. The molecule has 0 aliphatic carbocycles. The Bertz CT molecular complexity index is 4270. The van der Waals surface area contributed by atoms with E-state index >= 15 is 0 Å². The maximum absolute atomic E-state index is 10.5. The molecule has 0 saturated heterocycles. The fourth-order valence-corrected chi connectivity index (χ4v) is 7.92. The van der Waals surface area contributed by atoms with E-state index in [2.05, 4.69) is 39.2 Å². The van der Waals surface area contributed by atoms with Gasteiger partial charge in [-0.05, 0) is 117 Å². The first kappa shape index (κ1) is 29.7. The normalized spacial score (nSPS) is 16.8. The van der Waals surface area contributed by atoms with E-state index in [9.17, 15) is 21.7 Å². The molecule has 0 aliphatic rings. The van der Waals surface area contributed by atoms with Crippen molar-refractivity contribution in [3.63, 3.8) is 0 Å². The molecule has 4 heterocycles. The molecule has 0 radical (unpaired) electrons. The van der Waals surface area contributed by atoms with Crippen LogP contribution in [0.3, 0.4) is 0 Å². The van der Waals surface area contributed by atoms with Crippen molar-refractivity contribution in [2.45, 2.75) is 77.7 Å². The van der Waals surface area contributed by atoms with Crippen LogP contribution in [-0.2, 0) is 58.3 Å². The molecule has 10 rings (SSSR count). The fraction of sp³-hybridized carbons (Fsp3) is 0.188. The minimum Gasteiger partial charge on any atom is -0.499 e. The van der Waals surface area contributed by atoms with Gasteiger partial charge in [-0.3, -0.25) is 0 Å². The molecule has 4 aromatic heterocycles. The first-order chi connectivity index (χ1) is 41.0. The van der Waals surface area contributed by atoms with Gasteiger partial charge in [-0.1, -0.05) is 123 Å². The van der Waals surface area contributed by atoms with Crippen molar-refractivity contribution >= 4 is 21.9 Å². The molecule has 6 heteroatoms. The van der Waals surface area contributed by atoms with Crippen LogP contribution < -0.4 is 0 Å². The Hall–Kier alpha value is -7.29. The molecule has 0 spiro atoms. The molecule has 344 valence electrons. The monoisotopic (exact) mass is 1110 g/mol. The number of nitriles is 1. The summed E-state index contributed by atoms with van der Waals surface area (Å²) in [6, 6.07) is 36.4. The number of furan rings is 1. The number of aromatic nitrogens is 3. The van der Waals surface area contributed by atoms with Gasteiger partial charge < -0.3 is 19.4 Å². The molecular weight excluding hydrogens is 1030 g/mol. The van der Waals surface area contributed by atoms with Crippen LogP contribution in [0.4, 0.5) is 0 Å². The second kappa shape index (κ2) is 21.6. The molecule has 0 fully saturated rings. The predicted molar refractivity (Wildman–Crippen MR) is 280 cm³/mol. The number of rotatable bonds is 15. The Morgan fingerprint density at radius 2 is 1.14 bits per heavy atom. The first-order valence-electron chi connectivity index (χ1n) is 31.5. The fourth-order valence-electron chi connectivity index (χ4n) is 7.92. The third kappa shape index (κ3) is 10.3. The summed E-state index contributed by atoms with van der Waals surface area (Å²) in [5.41, 5.74) is -1.46. The van der Waals surface area contributed by atoms with Gasteiger partial charge in [-0.2, -0.15) is 5.26 Å². The zero-order valence-electron chi connectivity index (χ0n) is 57.2. The summed E-state index contributed by atoms with van der Waals surface area (Å²) in [7, 11) is 0. The van der Waals surface area contributed by atoms with Crippen LogP contribution in [0.25, 0.3) is 66.8 Å². The number of hydrogen-bond acceptors (Lipinski definition) is 5. The van der Waals surface area contributed by atoms with Crippen molar-refractivity contribution in [2.75, 3.05) is 0 Å². The van der Waals surface area contributed by atoms with E-state index < -0.39 is 96.9 Å². The van der Waals surface area contributed by atoms with E-state index in [0.29, 0.717) is 33.3 Å². The van der Waals surface area contributed by atoms with E-state index in [-0.39, 0.29) is 87.0 Å². The van der Waals surface area contributed by atoms with Crippen molar-refractivity contribution in [3.8, 4) is 51.0 Å². The van der Waals surface area contributed by atoms with Crippen molar-refractivity contribution in [1.82, 2.24) is 15.0 Å². The van der Waals surface area contributed by atoms with Gasteiger partial charge in [0, 0.05) is 48.7 Å². The van der Waals surface area contributed by atoms with Gasteiger partial charge in [-0.15, -0.1) is 90.0 Å². The van der Waals surface area contributed by atoms with E-state index in [0.717, 1.165) is 36.8 Å². The quantitative estimate of drug-likeness (QED) is 0.0956. The standard InChI is InChI=1S/C64H53N4O.Ir/c1-42(2)57-36-61(49-17-10-6-11-18-49)67-40-51(57)28-25-46-33-45(34-47(35-46)26-29-52-41-68-62(37-58(52)43(3)4)50-19-12-7-13-20-50)24-23-44-27-32-60(66-39-44)56-22-14-21-54-55-31-30-53(48-15-8-5-9-16-48)59(38-65)64(55)69-63(54)56;/h5-17,19,21,27,30-37,39-43H,23-26,28-29H2,1-4H3;/q-3;+3/i5D,8D,9D,15D,16D,23D2,24D2,25D2,26D2,28D2,29D2,42D,43D;. The number of fused-ring (bicyclic) bond motifs is 3. The van der Waals surface area contributed by atoms with E-state index in [1.165, 1.54) is 58.0 Å². The molecule has 0 saturated carbocycles. The number of pyridine rings is 3. The maximum Gasteiger partial charge on any atom is 3.00 e. The molecule has 0 N–H and O–H groups in total. The van der Waals surface area contributed by atoms with Crippen LogP contribution in [0.2, 0.25) is 0 Å². The average Bonchev–Trinajstić information content (AvgIpc) is 0.910. The van der Waals surface area contributed by atoms with Crippen molar-refractivity contribution in [2.24, 2.45) is 0 Å². The average molecular weight is 1110 g/mol. The van der Waals surface area contributed by atoms with Gasteiger partial charge in [0.25, 0.3) is 0 Å². The molecule has 0 amide bonds. The van der Waals surface area contributed by atoms with E-state index in [1.54, 1.807) is 66.7 Å². The third-order valence-corrected chi connectivity index (χ3v) is 11.3. The van der Waals surface area contributed by atoms with E-state index in [4.69, 9.17) is 14.0 Å². The largest absolute Gasteiger partial charge is 3.00 e. The zero-order chi connectivity index (χ0) is 64.2. The Balaban J connectivity index is 0.00000941. The van der Waals surface area contributed by atoms with Crippen molar-refractivity contribution < 1.29 is 50.6 Å². The molecule has 0 aliphatic heterocycles. The summed E-state index contributed by atoms with van der Waals surface area (Å²) in [6.45, 7) is 5.91. The second-order valence-electron chi connectivity index (χ2n) is 16.4. The van der Waals surface area contributed by atoms with Crippen LogP contribution in [0.1, 0.15) is 116 Å². The molecule has 70 heavy (non-hydrogen) atoms. The van der Waals surface area contributed by atoms with Crippen LogP contribution >= 0.6 is 0 Å². The Morgan fingerprint density at radius 1 is 0.586 bits per heavy atom. The SMILES string of the molecule is [2H]c1c([2H])c([2H])c(-c2ccc3c(oc4c(-c5ccc(C([2H])([2H])C([2H])([2H])c6cc(C([2H])([2H])C([2H])([2H])c7cnc(-c8[c-]cccc8)cc7C([2H])(C)C)cc(C([2H])([2H])C([2H])([2H])c7cnc(-c8[c-]cccc8)cc7C([2H])(C)C)c6)cn5)[c-]ccc43)c2C#N)c([2H])c1[2H].[Ir+3]. The maximum atomic E-state index is 10.5. The molecule has 10 aromatic rings. The van der Waals surface area contributed by atoms with Crippen LogP contribution in [-0.4, -0.2) is 15.0 Å². The Kier molecular flexibility index (Phi) is 9.14. The zero-order valence-corrected chi connectivity index (χ0v) is 40.6. The minimum atomic E-state index is -3.32.